The summed E-state index contributed by atoms with van der Waals surface area (Å²) in [4.78, 5) is 2.51. The van der Waals surface area contributed by atoms with E-state index in [9.17, 15) is 5.11 Å². The molecule has 0 radical (unpaired) electrons. The van der Waals surface area contributed by atoms with Crippen molar-refractivity contribution < 1.29 is 5.11 Å². The molecule has 0 amide bonds. The molecular weight excluding hydrogens is 164 g/mol. The van der Waals surface area contributed by atoms with E-state index >= 15 is 0 Å². The number of aliphatic hydroxyl groups is 1. The molecule has 0 aromatic rings. The van der Waals surface area contributed by atoms with E-state index in [0.717, 1.165) is 25.9 Å². The molecule has 13 heavy (non-hydrogen) atoms. The maximum atomic E-state index is 9.80. The first-order valence-electron chi connectivity index (χ1n) is 5.44. The van der Waals surface area contributed by atoms with Gasteiger partial charge in [0.1, 0.15) is 0 Å². The van der Waals surface area contributed by atoms with Gasteiger partial charge in [-0.05, 0) is 45.3 Å². The molecule has 0 unspecified atom stereocenters. The summed E-state index contributed by atoms with van der Waals surface area (Å²) in [6, 6.07) is 0. The lowest BCUT2D eigenvalue weighted by Crippen LogP contribution is -2.59. The molecule has 2 aliphatic rings. The summed E-state index contributed by atoms with van der Waals surface area (Å²) in [6.45, 7) is 5.33. The molecule has 2 fully saturated rings. The Kier molecular flexibility index (Phi) is 2.86. The molecule has 3 heteroatoms. The molecule has 0 saturated carbocycles. The summed E-state index contributed by atoms with van der Waals surface area (Å²) in [7, 11) is 0. The molecule has 0 aliphatic carbocycles. The van der Waals surface area contributed by atoms with Crippen LogP contribution in [0.1, 0.15) is 25.7 Å². The minimum absolute atomic E-state index is 0.361. The fourth-order valence-corrected chi connectivity index (χ4v) is 2.23. The second kappa shape index (κ2) is 3.95. The van der Waals surface area contributed by atoms with Gasteiger partial charge in [0, 0.05) is 13.1 Å². The Morgan fingerprint density at radius 2 is 1.92 bits per heavy atom. The van der Waals surface area contributed by atoms with E-state index in [0.29, 0.717) is 0 Å². The van der Waals surface area contributed by atoms with Crippen LogP contribution in [0, 0.1) is 0 Å². The second-order valence-corrected chi connectivity index (χ2v) is 4.48. The van der Waals surface area contributed by atoms with Crippen molar-refractivity contribution in [2.45, 2.75) is 31.3 Å². The highest BCUT2D eigenvalue weighted by Crippen LogP contribution is 2.18. The molecule has 3 nitrogen and oxygen atoms in total. The van der Waals surface area contributed by atoms with Gasteiger partial charge in [-0.15, -0.1) is 0 Å². The van der Waals surface area contributed by atoms with Crippen LogP contribution in [0.4, 0.5) is 0 Å². The van der Waals surface area contributed by atoms with Crippen LogP contribution in [0.15, 0.2) is 0 Å². The zero-order valence-electron chi connectivity index (χ0n) is 8.26. The first-order valence-corrected chi connectivity index (χ1v) is 5.44. The van der Waals surface area contributed by atoms with Crippen LogP contribution in [0.3, 0.4) is 0 Å². The summed E-state index contributed by atoms with van der Waals surface area (Å²) < 4.78 is 0. The van der Waals surface area contributed by atoms with Gasteiger partial charge in [-0.2, -0.15) is 0 Å². The number of hydrogen-bond acceptors (Lipinski definition) is 3. The molecular formula is C10H20N2O. The van der Waals surface area contributed by atoms with Crippen LogP contribution in [0.5, 0.6) is 0 Å². The quantitative estimate of drug-likeness (QED) is 0.655. The first kappa shape index (κ1) is 9.44. The van der Waals surface area contributed by atoms with Crippen molar-refractivity contribution in [1.82, 2.24) is 10.2 Å². The van der Waals surface area contributed by atoms with Crippen molar-refractivity contribution in [3.05, 3.63) is 0 Å². The molecule has 2 N–H and O–H groups in total. The topological polar surface area (TPSA) is 35.5 Å². The van der Waals surface area contributed by atoms with Gasteiger partial charge >= 0.3 is 0 Å². The predicted molar refractivity (Wildman–Crippen MR) is 52.7 cm³/mol. The number of likely N-dealkylation sites (tertiary alicyclic amines) is 1. The van der Waals surface area contributed by atoms with Crippen LogP contribution in [0.2, 0.25) is 0 Å². The van der Waals surface area contributed by atoms with Crippen LogP contribution in [0.25, 0.3) is 0 Å². The van der Waals surface area contributed by atoms with Gasteiger partial charge in [0.2, 0.25) is 0 Å². The van der Waals surface area contributed by atoms with Crippen molar-refractivity contribution in [3.8, 4) is 0 Å². The lowest BCUT2D eigenvalue weighted by Gasteiger charge is -2.38. The fourth-order valence-electron chi connectivity index (χ4n) is 2.23. The lowest BCUT2D eigenvalue weighted by molar-refractivity contribution is -0.0200. The zero-order valence-corrected chi connectivity index (χ0v) is 8.26. The maximum absolute atomic E-state index is 9.80. The summed E-state index contributed by atoms with van der Waals surface area (Å²) in [6.07, 6.45) is 4.85. The monoisotopic (exact) mass is 184 g/mol. The van der Waals surface area contributed by atoms with E-state index in [1.54, 1.807) is 0 Å². The maximum Gasteiger partial charge on any atom is 0.0895 e. The number of β-amino-alcohol motifs (C(OH)–C–C–N with tert-alkyl or cyclic N) is 1. The Morgan fingerprint density at radius 3 is 2.46 bits per heavy atom. The standard InChI is InChI=1S/C10H20N2O/c13-10(8-11-9-10)4-3-7-12-5-1-2-6-12/h11,13H,1-9H2. The van der Waals surface area contributed by atoms with Crippen LogP contribution in [-0.2, 0) is 0 Å². The van der Waals surface area contributed by atoms with Gasteiger partial charge in [0.05, 0.1) is 5.60 Å². The molecule has 76 valence electrons. The van der Waals surface area contributed by atoms with E-state index in [1.165, 1.54) is 32.5 Å². The van der Waals surface area contributed by atoms with Gasteiger partial charge in [-0.25, -0.2) is 0 Å². The average Bonchev–Trinajstić information content (AvgIpc) is 2.54. The number of hydrogen-bond donors (Lipinski definition) is 2. The Balaban J connectivity index is 1.57. The van der Waals surface area contributed by atoms with E-state index in [-0.39, 0.29) is 5.60 Å². The molecule has 2 aliphatic heterocycles. The zero-order chi connectivity index (χ0) is 9.15. The van der Waals surface area contributed by atoms with E-state index in [2.05, 4.69) is 10.2 Å². The molecule has 0 atom stereocenters. The van der Waals surface area contributed by atoms with Crippen LogP contribution < -0.4 is 5.32 Å². The molecule has 0 spiro atoms. The lowest BCUT2D eigenvalue weighted by atomic mass is 9.91. The second-order valence-electron chi connectivity index (χ2n) is 4.48. The minimum atomic E-state index is -0.361. The molecule has 2 saturated heterocycles. The molecule has 0 aromatic heterocycles. The Labute approximate surface area is 80.1 Å². The molecule has 0 bridgehead atoms. The van der Waals surface area contributed by atoms with Crippen molar-refractivity contribution in [2.75, 3.05) is 32.7 Å². The van der Waals surface area contributed by atoms with Crippen LogP contribution >= 0.6 is 0 Å². The third-order valence-corrected chi connectivity index (χ3v) is 3.22. The van der Waals surface area contributed by atoms with Gasteiger partial charge in [-0.3, -0.25) is 0 Å². The number of nitrogens with zero attached hydrogens (tertiary/aromatic N) is 1. The summed E-state index contributed by atoms with van der Waals surface area (Å²) in [5.41, 5.74) is -0.361. The fraction of sp³-hybridized carbons (Fsp3) is 1.00. The van der Waals surface area contributed by atoms with Gasteiger partial charge in [0.25, 0.3) is 0 Å². The Morgan fingerprint density at radius 1 is 1.23 bits per heavy atom. The number of rotatable bonds is 4. The van der Waals surface area contributed by atoms with Gasteiger partial charge in [0.15, 0.2) is 0 Å². The van der Waals surface area contributed by atoms with E-state index in [1.807, 2.05) is 0 Å². The Bertz CT molecular complexity index is 162. The minimum Gasteiger partial charge on any atom is -0.387 e. The normalized spacial score (nSPS) is 27.5. The van der Waals surface area contributed by atoms with E-state index in [4.69, 9.17) is 0 Å². The van der Waals surface area contributed by atoms with Crippen molar-refractivity contribution >= 4 is 0 Å². The van der Waals surface area contributed by atoms with Crippen molar-refractivity contribution in [1.29, 1.82) is 0 Å². The third-order valence-electron chi connectivity index (χ3n) is 3.22. The number of nitrogens with one attached hydrogen (secondary N) is 1. The highest BCUT2D eigenvalue weighted by molar-refractivity contribution is 4.92. The van der Waals surface area contributed by atoms with E-state index < -0.39 is 0 Å². The highest BCUT2D eigenvalue weighted by atomic mass is 16.3. The summed E-state index contributed by atoms with van der Waals surface area (Å²) in [5, 5.41) is 12.9. The average molecular weight is 184 g/mol. The van der Waals surface area contributed by atoms with Gasteiger partial charge in [-0.1, -0.05) is 0 Å². The molecule has 2 rings (SSSR count). The largest absolute Gasteiger partial charge is 0.387 e. The third kappa shape index (κ3) is 2.42. The van der Waals surface area contributed by atoms with Gasteiger partial charge < -0.3 is 15.3 Å². The van der Waals surface area contributed by atoms with Crippen molar-refractivity contribution in [2.24, 2.45) is 0 Å². The molecule has 0 aromatic carbocycles. The molecule has 2 heterocycles. The highest BCUT2D eigenvalue weighted by Gasteiger charge is 2.33. The SMILES string of the molecule is OC1(CCCN2CCCC2)CNC1. The predicted octanol–water partition coefficient (Wildman–Crippen LogP) is 0.197. The first-order chi connectivity index (χ1) is 6.29. The smallest absolute Gasteiger partial charge is 0.0895 e. The summed E-state index contributed by atoms with van der Waals surface area (Å²) >= 11 is 0. The Hall–Kier alpha value is -0.120. The van der Waals surface area contributed by atoms with Crippen LogP contribution in [-0.4, -0.2) is 48.3 Å². The summed E-state index contributed by atoms with van der Waals surface area (Å²) in [5.74, 6) is 0. The van der Waals surface area contributed by atoms with Crippen molar-refractivity contribution in [3.63, 3.8) is 0 Å².